The molecule has 0 saturated carbocycles. The normalized spacial score (nSPS) is 13.0. The molecule has 0 heterocycles. The fourth-order valence-electron chi connectivity index (χ4n) is 0.995. The number of aliphatic imine (C=N–C) groups is 1. The van der Waals surface area contributed by atoms with Crippen molar-refractivity contribution in [1.82, 2.24) is 0 Å². The van der Waals surface area contributed by atoms with Gasteiger partial charge in [0.1, 0.15) is 11.3 Å². The van der Waals surface area contributed by atoms with Crippen molar-refractivity contribution in [2.75, 3.05) is 0 Å². The Morgan fingerprint density at radius 3 is 2.81 bits per heavy atom. The van der Waals surface area contributed by atoms with Crippen LogP contribution in [0.25, 0.3) is 0 Å². The lowest BCUT2D eigenvalue weighted by atomic mass is 10.2. The Balaban J connectivity index is 2.69. The Kier molecular flexibility index (Phi) is 5.26. The van der Waals surface area contributed by atoms with E-state index in [2.05, 4.69) is 11.6 Å². The van der Waals surface area contributed by atoms with Gasteiger partial charge >= 0.3 is 0 Å². The van der Waals surface area contributed by atoms with E-state index in [0.717, 1.165) is 0 Å². The molecule has 0 aliphatic heterocycles. The van der Waals surface area contributed by atoms with Gasteiger partial charge in [-0.2, -0.15) is 0 Å². The molecule has 1 aromatic rings. The van der Waals surface area contributed by atoms with Gasteiger partial charge < -0.3 is 0 Å². The van der Waals surface area contributed by atoms with Crippen molar-refractivity contribution in [3.05, 3.63) is 46.2 Å². The van der Waals surface area contributed by atoms with Crippen molar-refractivity contribution >= 4 is 41.0 Å². The Labute approximate surface area is 109 Å². The lowest BCUT2D eigenvalue weighted by molar-refractivity contribution is 0.628. The molecule has 0 aromatic heterocycles. The number of alkyl halides is 1. The molecule has 0 N–H and O–H groups in total. The van der Waals surface area contributed by atoms with Crippen LogP contribution >= 0.6 is 34.8 Å². The smallest absolute Gasteiger partial charge is 0.142 e. The van der Waals surface area contributed by atoms with Crippen molar-refractivity contribution in [1.29, 1.82) is 0 Å². The molecular weight excluding hydrogens is 271 g/mol. The van der Waals surface area contributed by atoms with Crippen LogP contribution in [-0.2, 0) is 0 Å². The van der Waals surface area contributed by atoms with Crippen LogP contribution in [0.4, 0.5) is 4.39 Å². The van der Waals surface area contributed by atoms with Crippen molar-refractivity contribution in [2.45, 2.75) is 11.9 Å². The molecule has 1 unspecified atom stereocenters. The summed E-state index contributed by atoms with van der Waals surface area (Å²) in [5, 5.41) is 0.508. The average Bonchev–Trinajstić information content (AvgIpc) is 2.19. The lowest BCUT2D eigenvalue weighted by Crippen LogP contribution is -1.95. The van der Waals surface area contributed by atoms with Crippen molar-refractivity contribution in [2.24, 2.45) is 4.99 Å². The average molecular weight is 281 g/mol. The van der Waals surface area contributed by atoms with Crippen LogP contribution in [0.5, 0.6) is 0 Å². The zero-order chi connectivity index (χ0) is 12.1. The molecule has 86 valence electrons. The third-order valence-corrected chi connectivity index (χ3v) is 2.45. The molecule has 0 aliphatic carbocycles. The fraction of sp³-hybridized carbons (Fsp3) is 0.182. The second kappa shape index (κ2) is 6.24. The van der Waals surface area contributed by atoms with E-state index in [4.69, 9.17) is 34.8 Å². The fourth-order valence-corrected chi connectivity index (χ4v) is 1.58. The molecule has 0 bridgehead atoms. The predicted octanol–water partition coefficient (Wildman–Crippen LogP) is 4.61. The van der Waals surface area contributed by atoms with Gasteiger partial charge in [-0.05, 0) is 17.7 Å². The number of hydrogen-bond donors (Lipinski definition) is 0. The third-order valence-electron chi connectivity index (χ3n) is 1.72. The van der Waals surface area contributed by atoms with Gasteiger partial charge in [0, 0.05) is 17.7 Å². The van der Waals surface area contributed by atoms with Gasteiger partial charge in [-0.25, -0.2) is 4.39 Å². The highest BCUT2D eigenvalue weighted by atomic mass is 35.5. The summed E-state index contributed by atoms with van der Waals surface area (Å²) in [6.45, 7) is 3.51. The van der Waals surface area contributed by atoms with E-state index >= 15 is 0 Å². The quantitative estimate of drug-likeness (QED) is 0.434. The molecule has 1 atom stereocenters. The first-order valence-corrected chi connectivity index (χ1v) is 5.64. The van der Waals surface area contributed by atoms with E-state index in [0.29, 0.717) is 17.0 Å². The SMILES string of the molecule is C=C(Cl)CC(Cl)N=Cc1ccc(Cl)c(F)c1. The minimum Gasteiger partial charge on any atom is -0.273 e. The standard InChI is InChI=1S/C11H9Cl3FN/c1-7(12)4-11(14)16-6-8-2-3-9(13)10(15)5-8/h2-3,5-6,11H,1,4H2. The summed E-state index contributed by atoms with van der Waals surface area (Å²) >= 11 is 16.9. The molecule has 1 aromatic carbocycles. The summed E-state index contributed by atoms with van der Waals surface area (Å²) in [5.41, 5.74) is 0.0940. The summed E-state index contributed by atoms with van der Waals surface area (Å²) in [7, 11) is 0. The maximum Gasteiger partial charge on any atom is 0.142 e. The minimum atomic E-state index is -0.497. The van der Waals surface area contributed by atoms with Crippen LogP contribution < -0.4 is 0 Å². The number of hydrogen-bond acceptors (Lipinski definition) is 1. The predicted molar refractivity (Wildman–Crippen MR) is 68.3 cm³/mol. The molecule has 5 heteroatoms. The van der Waals surface area contributed by atoms with Crippen molar-refractivity contribution in [3.63, 3.8) is 0 Å². The van der Waals surface area contributed by atoms with Crippen molar-refractivity contribution < 1.29 is 4.39 Å². The maximum absolute atomic E-state index is 13.1. The highest BCUT2D eigenvalue weighted by Crippen LogP contribution is 2.16. The lowest BCUT2D eigenvalue weighted by Gasteiger charge is -2.01. The van der Waals surface area contributed by atoms with E-state index in [1.54, 1.807) is 6.07 Å². The van der Waals surface area contributed by atoms with E-state index in [1.807, 2.05) is 0 Å². The van der Waals surface area contributed by atoms with Gasteiger partial charge in [0.15, 0.2) is 0 Å². The summed E-state index contributed by atoms with van der Waals surface area (Å²) in [6.07, 6.45) is 1.84. The second-order valence-corrected chi connectivity index (χ2v) is 4.55. The van der Waals surface area contributed by atoms with Crippen LogP contribution in [0, 0.1) is 5.82 Å². The Morgan fingerprint density at radius 1 is 1.56 bits per heavy atom. The Hall–Kier alpha value is -0.570. The zero-order valence-electron chi connectivity index (χ0n) is 8.26. The van der Waals surface area contributed by atoms with Crippen LogP contribution in [0.2, 0.25) is 5.02 Å². The number of halogens is 4. The molecule has 0 amide bonds. The monoisotopic (exact) mass is 279 g/mol. The molecular formula is C11H9Cl3FN. The topological polar surface area (TPSA) is 12.4 Å². The molecule has 1 rings (SSSR count). The first-order chi connectivity index (χ1) is 7.49. The largest absolute Gasteiger partial charge is 0.273 e. The van der Waals surface area contributed by atoms with E-state index in [9.17, 15) is 4.39 Å². The third kappa shape index (κ3) is 4.52. The van der Waals surface area contributed by atoms with E-state index in [-0.39, 0.29) is 5.02 Å². The highest BCUT2D eigenvalue weighted by molar-refractivity contribution is 6.31. The summed E-state index contributed by atoms with van der Waals surface area (Å²) in [4.78, 5) is 3.99. The highest BCUT2D eigenvalue weighted by Gasteiger charge is 2.02. The van der Waals surface area contributed by atoms with E-state index < -0.39 is 11.3 Å². The second-order valence-electron chi connectivity index (χ2n) is 3.11. The Bertz CT molecular complexity index is 418. The summed E-state index contributed by atoms with van der Waals surface area (Å²) in [6, 6.07) is 4.39. The van der Waals surface area contributed by atoms with Crippen LogP contribution in [0.1, 0.15) is 12.0 Å². The minimum absolute atomic E-state index is 0.0775. The van der Waals surface area contributed by atoms with Gasteiger partial charge in [0.2, 0.25) is 0 Å². The van der Waals surface area contributed by atoms with Gasteiger partial charge in [-0.15, -0.1) is 0 Å². The van der Waals surface area contributed by atoms with Crippen LogP contribution in [-0.4, -0.2) is 11.7 Å². The molecule has 0 aliphatic rings. The van der Waals surface area contributed by atoms with Gasteiger partial charge in [0.25, 0.3) is 0 Å². The molecule has 0 saturated heterocycles. The first-order valence-electron chi connectivity index (χ1n) is 4.44. The molecule has 1 nitrogen and oxygen atoms in total. The van der Waals surface area contributed by atoms with E-state index in [1.165, 1.54) is 18.3 Å². The number of benzene rings is 1. The molecule has 16 heavy (non-hydrogen) atoms. The van der Waals surface area contributed by atoms with Crippen LogP contribution in [0.15, 0.2) is 34.8 Å². The number of rotatable bonds is 4. The Morgan fingerprint density at radius 2 is 2.25 bits per heavy atom. The zero-order valence-corrected chi connectivity index (χ0v) is 10.5. The maximum atomic E-state index is 13.1. The summed E-state index contributed by atoms with van der Waals surface area (Å²) in [5.74, 6) is -0.488. The molecule has 0 fully saturated rings. The molecule has 0 radical (unpaired) electrons. The first kappa shape index (κ1) is 13.5. The van der Waals surface area contributed by atoms with Crippen molar-refractivity contribution in [3.8, 4) is 0 Å². The number of nitrogens with zero attached hydrogens (tertiary/aromatic N) is 1. The summed E-state index contributed by atoms with van der Waals surface area (Å²) < 4.78 is 13.1. The van der Waals surface area contributed by atoms with Gasteiger partial charge in [-0.3, -0.25) is 4.99 Å². The molecule has 0 spiro atoms. The van der Waals surface area contributed by atoms with Gasteiger partial charge in [0.05, 0.1) is 5.02 Å². The van der Waals surface area contributed by atoms with Crippen LogP contribution in [0.3, 0.4) is 0 Å². The van der Waals surface area contributed by atoms with Gasteiger partial charge in [-0.1, -0.05) is 47.4 Å².